The Labute approximate surface area is 136 Å². The fraction of sp³-hybridized carbons (Fsp3) is 0.176. The monoisotopic (exact) mass is 327 g/mol. The lowest BCUT2D eigenvalue weighted by atomic mass is 10.2. The van der Waals surface area contributed by atoms with E-state index in [-0.39, 0.29) is 17.4 Å². The normalized spacial score (nSPS) is 16.3. The van der Waals surface area contributed by atoms with Crippen molar-refractivity contribution in [3.8, 4) is 0 Å². The van der Waals surface area contributed by atoms with Crippen LogP contribution >= 0.6 is 11.8 Å². The fourth-order valence-electron chi connectivity index (χ4n) is 2.77. The average Bonchev–Trinajstić information content (AvgIpc) is 2.98. The number of fused-ring (bicyclic) bond motifs is 2. The largest absolute Gasteiger partial charge is 0.353 e. The van der Waals surface area contributed by atoms with Crippen molar-refractivity contribution in [1.29, 1.82) is 0 Å². The van der Waals surface area contributed by atoms with Crippen LogP contribution in [0.3, 0.4) is 0 Å². The molecule has 1 aromatic heterocycles. The topological polar surface area (TPSA) is 46.9 Å². The molecule has 4 nitrogen and oxygen atoms in total. The molecular formula is C17H14FN3OS. The van der Waals surface area contributed by atoms with Crippen LogP contribution in [0.5, 0.6) is 0 Å². The van der Waals surface area contributed by atoms with Gasteiger partial charge in [-0.15, -0.1) is 11.8 Å². The Balaban J connectivity index is 1.63. The van der Waals surface area contributed by atoms with Gasteiger partial charge in [0, 0.05) is 17.2 Å². The maximum absolute atomic E-state index is 13.0. The number of benzene rings is 2. The third kappa shape index (κ3) is 2.59. The number of thioether (sulfide) groups is 1. The van der Waals surface area contributed by atoms with Gasteiger partial charge in [-0.25, -0.2) is 9.37 Å². The van der Waals surface area contributed by atoms with Crippen LogP contribution in [0.15, 0.2) is 58.2 Å². The number of nitrogens with one attached hydrogen (secondary N) is 1. The summed E-state index contributed by atoms with van der Waals surface area (Å²) in [6, 6.07) is 13.8. The number of hydrogen-bond acceptors (Lipinski definition) is 4. The lowest BCUT2D eigenvalue weighted by Crippen LogP contribution is -2.24. The van der Waals surface area contributed by atoms with Crippen molar-refractivity contribution in [2.24, 2.45) is 0 Å². The van der Waals surface area contributed by atoms with Crippen molar-refractivity contribution in [3.05, 3.63) is 64.7 Å². The quantitative estimate of drug-likeness (QED) is 0.750. The second-order valence-electron chi connectivity index (χ2n) is 5.43. The number of aromatic nitrogens is 2. The summed E-state index contributed by atoms with van der Waals surface area (Å²) in [4.78, 5) is 18.2. The Morgan fingerprint density at radius 2 is 2.00 bits per heavy atom. The molecule has 0 saturated heterocycles. The number of nitrogens with zero attached hydrogens (tertiary/aromatic N) is 2. The van der Waals surface area contributed by atoms with Gasteiger partial charge in [0.2, 0.25) is 5.95 Å². The maximum Gasteiger partial charge on any atom is 0.263 e. The molecule has 4 rings (SSSR count). The first-order valence-corrected chi connectivity index (χ1v) is 8.34. The summed E-state index contributed by atoms with van der Waals surface area (Å²) in [7, 11) is 0. The molecule has 3 aromatic rings. The van der Waals surface area contributed by atoms with Crippen LogP contribution in [0.4, 0.5) is 10.3 Å². The summed E-state index contributed by atoms with van der Waals surface area (Å²) < 4.78 is 14.7. The van der Waals surface area contributed by atoms with Gasteiger partial charge in [0.15, 0.2) is 0 Å². The predicted molar refractivity (Wildman–Crippen MR) is 90.7 cm³/mol. The molecule has 116 valence electrons. The zero-order valence-corrected chi connectivity index (χ0v) is 13.0. The number of para-hydroxylation sites is 1. The Morgan fingerprint density at radius 1 is 1.22 bits per heavy atom. The van der Waals surface area contributed by atoms with Gasteiger partial charge in [-0.3, -0.25) is 9.36 Å². The SMILES string of the molecule is O=c1c2ccccc2nc2n1[C@@H](CSc1ccc(F)cc1)CN2. The Morgan fingerprint density at radius 3 is 2.83 bits per heavy atom. The van der Waals surface area contributed by atoms with Gasteiger partial charge in [0.25, 0.3) is 5.56 Å². The number of halogens is 1. The van der Waals surface area contributed by atoms with Crippen molar-refractivity contribution >= 4 is 28.6 Å². The molecule has 0 unspecified atom stereocenters. The third-order valence-electron chi connectivity index (χ3n) is 3.92. The van der Waals surface area contributed by atoms with E-state index in [4.69, 9.17) is 0 Å². The van der Waals surface area contributed by atoms with E-state index in [1.807, 2.05) is 18.2 Å². The van der Waals surface area contributed by atoms with Gasteiger partial charge < -0.3 is 5.32 Å². The Bertz CT molecular complexity index is 923. The highest BCUT2D eigenvalue weighted by Gasteiger charge is 2.25. The second-order valence-corrected chi connectivity index (χ2v) is 6.52. The van der Waals surface area contributed by atoms with Crippen LogP contribution in [0.25, 0.3) is 10.9 Å². The summed E-state index contributed by atoms with van der Waals surface area (Å²) in [6.45, 7) is 0.673. The van der Waals surface area contributed by atoms with E-state index in [1.165, 1.54) is 12.1 Å². The van der Waals surface area contributed by atoms with Crippen LogP contribution in [0.1, 0.15) is 6.04 Å². The van der Waals surface area contributed by atoms with Crippen molar-refractivity contribution in [3.63, 3.8) is 0 Å². The summed E-state index contributed by atoms with van der Waals surface area (Å²) in [6.07, 6.45) is 0. The summed E-state index contributed by atoms with van der Waals surface area (Å²) in [5.74, 6) is 1.11. The standard InChI is InChI=1S/C17H14FN3OS/c18-11-5-7-13(8-6-11)23-10-12-9-19-17-20-15-4-2-1-3-14(15)16(22)21(12)17/h1-8,12H,9-10H2,(H,19,20)/t12-/m1/s1. The highest BCUT2D eigenvalue weighted by Crippen LogP contribution is 2.28. The minimum absolute atomic E-state index is 0.0136. The van der Waals surface area contributed by atoms with Crippen LogP contribution in [0.2, 0.25) is 0 Å². The molecule has 0 spiro atoms. The molecule has 1 atom stereocenters. The molecular weight excluding hydrogens is 313 g/mol. The van der Waals surface area contributed by atoms with E-state index in [1.54, 1.807) is 34.5 Å². The third-order valence-corrected chi connectivity index (χ3v) is 5.08. The first kappa shape index (κ1) is 14.3. The number of anilines is 1. The van der Waals surface area contributed by atoms with Crippen molar-refractivity contribution in [2.45, 2.75) is 10.9 Å². The second kappa shape index (κ2) is 5.70. The Hall–Kier alpha value is -2.34. The van der Waals surface area contributed by atoms with E-state index in [2.05, 4.69) is 10.3 Å². The summed E-state index contributed by atoms with van der Waals surface area (Å²) in [5.41, 5.74) is 0.698. The van der Waals surface area contributed by atoms with Gasteiger partial charge in [-0.05, 0) is 36.4 Å². The van der Waals surface area contributed by atoms with Crippen LogP contribution in [-0.2, 0) is 0 Å². The summed E-state index contributed by atoms with van der Waals surface area (Å²) in [5, 5.41) is 3.84. The fourth-order valence-corrected chi connectivity index (χ4v) is 3.75. The van der Waals surface area contributed by atoms with E-state index in [0.717, 1.165) is 10.6 Å². The van der Waals surface area contributed by atoms with E-state index >= 15 is 0 Å². The molecule has 6 heteroatoms. The molecule has 23 heavy (non-hydrogen) atoms. The first-order chi connectivity index (χ1) is 11.2. The highest BCUT2D eigenvalue weighted by atomic mass is 32.2. The van der Waals surface area contributed by atoms with Crippen LogP contribution < -0.4 is 10.9 Å². The first-order valence-electron chi connectivity index (χ1n) is 7.36. The van der Waals surface area contributed by atoms with Crippen molar-refractivity contribution in [2.75, 3.05) is 17.6 Å². The molecule has 0 fully saturated rings. The zero-order chi connectivity index (χ0) is 15.8. The van der Waals surface area contributed by atoms with E-state index < -0.39 is 0 Å². The highest BCUT2D eigenvalue weighted by molar-refractivity contribution is 7.99. The Kier molecular flexibility index (Phi) is 3.53. The van der Waals surface area contributed by atoms with E-state index in [0.29, 0.717) is 23.4 Å². The van der Waals surface area contributed by atoms with Gasteiger partial charge in [-0.1, -0.05) is 12.1 Å². The molecule has 2 heterocycles. The smallest absolute Gasteiger partial charge is 0.263 e. The molecule has 0 saturated carbocycles. The van der Waals surface area contributed by atoms with Gasteiger partial charge in [0.1, 0.15) is 5.82 Å². The van der Waals surface area contributed by atoms with E-state index in [9.17, 15) is 9.18 Å². The van der Waals surface area contributed by atoms with Gasteiger partial charge in [0.05, 0.1) is 16.9 Å². The molecule has 1 aliphatic heterocycles. The average molecular weight is 327 g/mol. The lowest BCUT2D eigenvalue weighted by Gasteiger charge is -2.12. The molecule has 2 aromatic carbocycles. The van der Waals surface area contributed by atoms with Crippen LogP contribution in [0, 0.1) is 5.82 Å². The molecule has 0 bridgehead atoms. The van der Waals surface area contributed by atoms with Gasteiger partial charge in [-0.2, -0.15) is 0 Å². The zero-order valence-electron chi connectivity index (χ0n) is 12.2. The minimum Gasteiger partial charge on any atom is -0.353 e. The molecule has 0 aliphatic carbocycles. The maximum atomic E-state index is 13.0. The molecule has 0 amide bonds. The van der Waals surface area contributed by atoms with Gasteiger partial charge >= 0.3 is 0 Å². The minimum atomic E-state index is -0.242. The van der Waals surface area contributed by atoms with Crippen LogP contribution in [-0.4, -0.2) is 21.8 Å². The molecule has 0 radical (unpaired) electrons. The summed E-state index contributed by atoms with van der Waals surface area (Å²) >= 11 is 1.61. The molecule has 1 aliphatic rings. The predicted octanol–water partition coefficient (Wildman–Crippen LogP) is 3.29. The van der Waals surface area contributed by atoms with Crippen molar-refractivity contribution < 1.29 is 4.39 Å². The number of hydrogen-bond donors (Lipinski definition) is 1. The van der Waals surface area contributed by atoms with Crippen molar-refractivity contribution in [1.82, 2.24) is 9.55 Å². The number of rotatable bonds is 3. The molecule has 1 N–H and O–H groups in total. The lowest BCUT2D eigenvalue weighted by molar-refractivity contribution is 0.618.